The van der Waals surface area contributed by atoms with Crippen molar-refractivity contribution in [2.45, 2.75) is 25.4 Å². The third-order valence-corrected chi connectivity index (χ3v) is 6.75. The zero-order valence-electron chi connectivity index (χ0n) is 20.0. The van der Waals surface area contributed by atoms with E-state index in [1.165, 1.54) is 33.9 Å². The van der Waals surface area contributed by atoms with Crippen LogP contribution in [0.15, 0.2) is 110 Å². The molecule has 0 radical (unpaired) electrons. The van der Waals surface area contributed by atoms with Gasteiger partial charge in [0.05, 0.1) is 12.0 Å². The zero-order chi connectivity index (χ0) is 24.4. The fourth-order valence-corrected chi connectivity index (χ4v) is 5.20. The number of carbonyl (C=O) groups excluding carboxylic acids is 1. The highest BCUT2D eigenvalue weighted by molar-refractivity contribution is 5.93. The smallest absolute Gasteiger partial charge is 0.195 e. The number of carbonyl (C=O) groups is 1. The number of ether oxygens (including phenoxy) is 2. The van der Waals surface area contributed by atoms with Gasteiger partial charge in [-0.05, 0) is 77.6 Å². The first kappa shape index (κ1) is 22.7. The molecule has 1 aliphatic carbocycles. The molecule has 0 N–H and O–H groups in total. The molecule has 0 heterocycles. The molecule has 1 aliphatic rings. The highest BCUT2D eigenvalue weighted by atomic mass is 16.5. The van der Waals surface area contributed by atoms with Crippen LogP contribution in [-0.4, -0.2) is 18.5 Å². The topological polar surface area (TPSA) is 35.5 Å². The van der Waals surface area contributed by atoms with Crippen molar-refractivity contribution in [2.24, 2.45) is 0 Å². The Labute approximate surface area is 206 Å². The highest BCUT2D eigenvalue weighted by Gasteiger charge is 2.45. The third kappa shape index (κ3) is 3.74. The van der Waals surface area contributed by atoms with E-state index in [0.717, 1.165) is 11.3 Å². The molecule has 0 bridgehead atoms. The summed E-state index contributed by atoms with van der Waals surface area (Å²) < 4.78 is 11.6. The van der Waals surface area contributed by atoms with E-state index < -0.39 is 11.5 Å². The maximum Gasteiger partial charge on any atom is 0.195 e. The van der Waals surface area contributed by atoms with Crippen LogP contribution in [0, 0.1) is 0 Å². The number of hydrogen-bond donors (Lipinski definition) is 0. The molecule has 0 aromatic heterocycles. The first-order chi connectivity index (χ1) is 17.1. The van der Waals surface area contributed by atoms with Gasteiger partial charge in [0, 0.05) is 0 Å². The van der Waals surface area contributed by atoms with Crippen LogP contribution in [0.3, 0.4) is 0 Å². The first-order valence-electron chi connectivity index (χ1n) is 12.0. The van der Waals surface area contributed by atoms with Crippen molar-refractivity contribution in [1.29, 1.82) is 0 Å². The van der Waals surface area contributed by atoms with Gasteiger partial charge in [0.2, 0.25) is 0 Å². The molecular formula is C32H28O3. The van der Waals surface area contributed by atoms with Crippen molar-refractivity contribution >= 4 is 5.78 Å². The lowest BCUT2D eigenvalue weighted by atomic mass is 9.68. The van der Waals surface area contributed by atoms with Crippen LogP contribution in [0.4, 0.5) is 0 Å². The molecule has 5 rings (SSSR count). The first-order valence-corrected chi connectivity index (χ1v) is 12.0. The Morgan fingerprint density at radius 2 is 1.29 bits per heavy atom. The van der Waals surface area contributed by atoms with Crippen LogP contribution in [0.1, 0.15) is 36.1 Å². The quantitative estimate of drug-likeness (QED) is 0.235. The second kappa shape index (κ2) is 9.27. The minimum atomic E-state index is -0.577. The largest absolute Gasteiger partial charge is 0.494 e. The van der Waals surface area contributed by atoms with Crippen LogP contribution < -0.4 is 9.47 Å². The van der Waals surface area contributed by atoms with Gasteiger partial charge in [-0.3, -0.25) is 4.79 Å². The summed E-state index contributed by atoms with van der Waals surface area (Å²) in [7, 11) is 0. The molecule has 0 saturated heterocycles. The summed E-state index contributed by atoms with van der Waals surface area (Å²) in [5, 5.41) is 0. The maximum atomic E-state index is 11.9. The monoisotopic (exact) mass is 460 g/mol. The molecule has 0 aliphatic heterocycles. The number of hydrogen-bond acceptors (Lipinski definition) is 3. The van der Waals surface area contributed by atoms with Crippen LogP contribution in [0.2, 0.25) is 0 Å². The van der Waals surface area contributed by atoms with E-state index in [4.69, 9.17) is 9.47 Å². The molecule has 0 amide bonds. The van der Waals surface area contributed by atoms with Gasteiger partial charge < -0.3 is 9.47 Å². The predicted molar refractivity (Wildman–Crippen MR) is 140 cm³/mol. The summed E-state index contributed by atoms with van der Waals surface area (Å²) in [6.07, 6.45) is 0.721. The molecule has 3 nitrogen and oxygen atoms in total. The van der Waals surface area contributed by atoms with Gasteiger partial charge >= 0.3 is 0 Å². The molecule has 4 aromatic carbocycles. The lowest BCUT2D eigenvalue weighted by Crippen LogP contribution is -2.28. The minimum Gasteiger partial charge on any atom is -0.494 e. The van der Waals surface area contributed by atoms with Crippen molar-refractivity contribution in [3.05, 3.63) is 132 Å². The van der Waals surface area contributed by atoms with Crippen molar-refractivity contribution < 1.29 is 14.3 Å². The summed E-state index contributed by atoms with van der Waals surface area (Å²) >= 11 is 0. The lowest BCUT2D eigenvalue weighted by molar-refractivity contribution is -0.120. The van der Waals surface area contributed by atoms with Crippen molar-refractivity contribution in [2.75, 3.05) is 6.61 Å². The number of benzene rings is 4. The molecule has 1 unspecified atom stereocenters. The molecular weight excluding hydrogens is 432 g/mol. The van der Waals surface area contributed by atoms with E-state index in [2.05, 4.69) is 79.4 Å². The van der Waals surface area contributed by atoms with Crippen LogP contribution in [0.25, 0.3) is 11.1 Å². The third-order valence-electron chi connectivity index (χ3n) is 6.75. The summed E-state index contributed by atoms with van der Waals surface area (Å²) in [4.78, 5) is 11.9. The van der Waals surface area contributed by atoms with Crippen molar-refractivity contribution in [3.63, 3.8) is 0 Å². The molecule has 0 fully saturated rings. The number of rotatable bonds is 8. The van der Waals surface area contributed by atoms with Crippen LogP contribution in [0.5, 0.6) is 11.5 Å². The van der Waals surface area contributed by atoms with Gasteiger partial charge in [-0.2, -0.15) is 0 Å². The van der Waals surface area contributed by atoms with Crippen molar-refractivity contribution in [3.8, 4) is 22.6 Å². The summed E-state index contributed by atoms with van der Waals surface area (Å²) in [5.74, 6) is 1.37. The fraction of sp³-hybridized carbons (Fsp3) is 0.156. The van der Waals surface area contributed by atoms with Gasteiger partial charge in [0.25, 0.3) is 0 Å². The standard InChI is InChI=1S/C32H28O3/c1-4-31(33)22(3)35-26-20-16-24(17-21-26)32(23-14-18-25(19-15-23)34-5-2)29-12-8-6-10-27(29)28-11-7-9-13-30(28)32/h4,6-22H,1,5H2,2-3H3. The average molecular weight is 461 g/mol. The minimum absolute atomic E-state index is 0.140. The van der Waals surface area contributed by atoms with E-state index in [9.17, 15) is 4.79 Å². The van der Waals surface area contributed by atoms with Crippen LogP contribution in [-0.2, 0) is 10.2 Å². The van der Waals surface area contributed by atoms with E-state index in [-0.39, 0.29) is 5.78 Å². The van der Waals surface area contributed by atoms with Gasteiger partial charge in [-0.15, -0.1) is 0 Å². The summed E-state index contributed by atoms with van der Waals surface area (Å²) in [5.41, 5.74) is 6.78. The van der Waals surface area contributed by atoms with Gasteiger partial charge in [-0.25, -0.2) is 0 Å². The Morgan fingerprint density at radius 1 is 0.800 bits per heavy atom. The average Bonchev–Trinajstić information content (AvgIpc) is 3.20. The summed E-state index contributed by atoms with van der Waals surface area (Å²) in [6.45, 7) is 7.91. The van der Waals surface area contributed by atoms with E-state index in [1.807, 2.05) is 31.2 Å². The Morgan fingerprint density at radius 3 is 1.77 bits per heavy atom. The predicted octanol–water partition coefficient (Wildman–Crippen LogP) is 6.97. The summed E-state index contributed by atoms with van der Waals surface area (Å²) in [6, 6.07) is 33.8. The molecule has 174 valence electrons. The van der Waals surface area contributed by atoms with E-state index in [0.29, 0.717) is 12.4 Å². The van der Waals surface area contributed by atoms with Crippen molar-refractivity contribution in [1.82, 2.24) is 0 Å². The van der Waals surface area contributed by atoms with Gasteiger partial charge in [0.1, 0.15) is 11.5 Å². The molecule has 3 heteroatoms. The molecule has 0 saturated carbocycles. The maximum absolute atomic E-state index is 11.9. The van der Waals surface area contributed by atoms with E-state index in [1.54, 1.807) is 6.92 Å². The Hall–Kier alpha value is -4.11. The Balaban J connectivity index is 1.70. The SMILES string of the molecule is C=CC(=O)C(C)Oc1ccc(C2(c3ccc(OCC)cc3)c3ccccc3-c3ccccc32)cc1. The zero-order valence-corrected chi connectivity index (χ0v) is 20.0. The molecule has 4 aromatic rings. The molecule has 35 heavy (non-hydrogen) atoms. The van der Waals surface area contributed by atoms with Crippen LogP contribution >= 0.6 is 0 Å². The van der Waals surface area contributed by atoms with E-state index >= 15 is 0 Å². The van der Waals surface area contributed by atoms with Gasteiger partial charge in [0.15, 0.2) is 11.9 Å². The Kier molecular flexibility index (Phi) is 6.00. The number of fused-ring (bicyclic) bond motifs is 3. The van der Waals surface area contributed by atoms with Gasteiger partial charge in [-0.1, -0.05) is 79.4 Å². The fourth-order valence-electron chi connectivity index (χ4n) is 5.20. The normalized spacial score (nSPS) is 13.9. The second-order valence-corrected chi connectivity index (χ2v) is 8.69. The molecule has 0 spiro atoms. The molecule has 1 atom stereocenters. The second-order valence-electron chi connectivity index (χ2n) is 8.69. The Bertz CT molecular complexity index is 1320. The number of ketones is 1. The lowest BCUT2D eigenvalue weighted by Gasteiger charge is -2.34. The highest BCUT2D eigenvalue weighted by Crippen LogP contribution is 2.56.